The molecule has 2 aromatic rings. The average molecular weight is 277 g/mol. The summed E-state index contributed by atoms with van der Waals surface area (Å²) in [6.45, 7) is 6.02. The molecule has 0 saturated heterocycles. The molecule has 0 fully saturated rings. The Bertz CT molecular complexity index is 552. The van der Waals surface area contributed by atoms with Gasteiger partial charge in [-0.15, -0.1) is 11.3 Å². The van der Waals surface area contributed by atoms with Crippen LogP contribution in [0.3, 0.4) is 0 Å². The molecule has 2 rings (SSSR count). The van der Waals surface area contributed by atoms with Gasteiger partial charge in [-0.3, -0.25) is 11.3 Å². The fraction of sp³-hybridized carbons (Fsp3) is 0.462. The molecule has 5 nitrogen and oxygen atoms in total. The maximum Gasteiger partial charge on any atom is 0.0947 e. The van der Waals surface area contributed by atoms with Crippen molar-refractivity contribution in [2.75, 3.05) is 0 Å². The first-order chi connectivity index (χ1) is 9.13. The van der Waals surface area contributed by atoms with Crippen molar-refractivity contribution >= 4 is 11.3 Å². The lowest BCUT2D eigenvalue weighted by Gasteiger charge is -2.17. The maximum atomic E-state index is 5.71. The van der Waals surface area contributed by atoms with Crippen molar-refractivity contribution in [3.05, 3.63) is 39.1 Å². The maximum absolute atomic E-state index is 5.71. The van der Waals surface area contributed by atoms with Gasteiger partial charge >= 0.3 is 0 Å². The number of thiazole rings is 1. The summed E-state index contributed by atoms with van der Waals surface area (Å²) in [6, 6.07) is 2.08. The standard InChI is InChI=1S/C13H19N5S/c1-4-11-10(5-8(2)17-18-11)12(16-14)6-13-15-9(3)7-19-13/h5,7,12,16H,4,6,14H2,1-3H3. The molecule has 0 radical (unpaired) electrons. The van der Waals surface area contributed by atoms with Crippen molar-refractivity contribution in [1.29, 1.82) is 0 Å². The van der Waals surface area contributed by atoms with Crippen LogP contribution in [-0.2, 0) is 12.8 Å². The zero-order valence-electron chi connectivity index (χ0n) is 11.5. The van der Waals surface area contributed by atoms with Crippen molar-refractivity contribution in [1.82, 2.24) is 20.6 Å². The number of hydrogen-bond donors (Lipinski definition) is 2. The van der Waals surface area contributed by atoms with E-state index in [1.165, 1.54) is 0 Å². The van der Waals surface area contributed by atoms with E-state index >= 15 is 0 Å². The molecule has 6 heteroatoms. The number of rotatable bonds is 5. The van der Waals surface area contributed by atoms with E-state index in [2.05, 4.69) is 39.0 Å². The van der Waals surface area contributed by atoms with Gasteiger partial charge < -0.3 is 0 Å². The number of hydrogen-bond acceptors (Lipinski definition) is 6. The third-order valence-electron chi connectivity index (χ3n) is 2.98. The van der Waals surface area contributed by atoms with Crippen LogP contribution in [0.25, 0.3) is 0 Å². The molecule has 0 saturated carbocycles. The minimum Gasteiger partial charge on any atom is -0.271 e. The van der Waals surface area contributed by atoms with Crippen LogP contribution in [0.2, 0.25) is 0 Å². The first kappa shape index (κ1) is 14.0. The van der Waals surface area contributed by atoms with E-state index in [-0.39, 0.29) is 6.04 Å². The minimum absolute atomic E-state index is 0.0229. The minimum atomic E-state index is 0.0229. The van der Waals surface area contributed by atoms with E-state index < -0.39 is 0 Å². The van der Waals surface area contributed by atoms with Crippen LogP contribution in [0.5, 0.6) is 0 Å². The summed E-state index contributed by atoms with van der Waals surface area (Å²) < 4.78 is 0. The number of nitrogens with two attached hydrogens (primary N) is 1. The molecule has 0 amide bonds. The van der Waals surface area contributed by atoms with Crippen LogP contribution in [0.4, 0.5) is 0 Å². The van der Waals surface area contributed by atoms with Crippen LogP contribution in [0.1, 0.15) is 40.6 Å². The summed E-state index contributed by atoms with van der Waals surface area (Å²) >= 11 is 1.66. The molecule has 102 valence electrons. The Morgan fingerprint density at radius 1 is 1.32 bits per heavy atom. The van der Waals surface area contributed by atoms with Crippen molar-refractivity contribution in [3.63, 3.8) is 0 Å². The van der Waals surface area contributed by atoms with Gasteiger partial charge in [-0.1, -0.05) is 6.92 Å². The molecule has 0 aliphatic rings. The Morgan fingerprint density at radius 2 is 2.11 bits per heavy atom. The summed E-state index contributed by atoms with van der Waals surface area (Å²) in [5.74, 6) is 5.71. The molecule has 1 atom stereocenters. The van der Waals surface area contributed by atoms with Crippen LogP contribution < -0.4 is 11.3 Å². The number of hydrazine groups is 1. The zero-order valence-corrected chi connectivity index (χ0v) is 12.3. The monoisotopic (exact) mass is 277 g/mol. The third-order valence-corrected chi connectivity index (χ3v) is 3.97. The normalized spacial score (nSPS) is 12.6. The van der Waals surface area contributed by atoms with Crippen molar-refractivity contribution in [2.24, 2.45) is 5.84 Å². The van der Waals surface area contributed by atoms with Crippen LogP contribution in [0, 0.1) is 13.8 Å². The Balaban J connectivity index is 2.28. The number of nitrogens with one attached hydrogen (secondary N) is 1. The van der Waals surface area contributed by atoms with Crippen LogP contribution in [0.15, 0.2) is 11.4 Å². The van der Waals surface area contributed by atoms with E-state index in [1.807, 2.05) is 13.8 Å². The quantitative estimate of drug-likeness (QED) is 0.644. The zero-order chi connectivity index (χ0) is 13.8. The topological polar surface area (TPSA) is 76.7 Å². The molecule has 19 heavy (non-hydrogen) atoms. The predicted molar refractivity (Wildman–Crippen MR) is 76.8 cm³/mol. The molecular formula is C13H19N5S. The second kappa shape index (κ2) is 6.18. The van der Waals surface area contributed by atoms with Crippen LogP contribution >= 0.6 is 11.3 Å². The van der Waals surface area contributed by atoms with Gasteiger partial charge in [0.05, 0.1) is 22.4 Å². The van der Waals surface area contributed by atoms with E-state index in [4.69, 9.17) is 5.84 Å². The molecule has 2 aromatic heterocycles. The van der Waals surface area contributed by atoms with Crippen molar-refractivity contribution in [3.8, 4) is 0 Å². The Labute approximate surface area is 117 Å². The fourth-order valence-electron chi connectivity index (χ4n) is 2.04. The van der Waals surface area contributed by atoms with Gasteiger partial charge in [0.15, 0.2) is 0 Å². The fourth-order valence-corrected chi connectivity index (χ4v) is 2.86. The molecule has 0 aliphatic heterocycles. The summed E-state index contributed by atoms with van der Waals surface area (Å²) in [5, 5.41) is 11.5. The number of aromatic nitrogens is 3. The largest absolute Gasteiger partial charge is 0.271 e. The van der Waals surface area contributed by atoms with Gasteiger partial charge in [0.25, 0.3) is 0 Å². The molecule has 2 heterocycles. The van der Waals surface area contributed by atoms with E-state index in [1.54, 1.807) is 11.3 Å². The molecule has 0 aliphatic carbocycles. The molecular weight excluding hydrogens is 258 g/mol. The van der Waals surface area contributed by atoms with Gasteiger partial charge in [-0.2, -0.15) is 10.2 Å². The van der Waals surface area contributed by atoms with Gasteiger partial charge in [0.1, 0.15) is 0 Å². The summed E-state index contributed by atoms with van der Waals surface area (Å²) in [4.78, 5) is 4.49. The SMILES string of the molecule is CCc1nnc(C)cc1C(Cc1nc(C)cs1)NN. The average Bonchev–Trinajstić information content (AvgIpc) is 2.81. The lowest BCUT2D eigenvalue weighted by Crippen LogP contribution is -2.30. The number of aryl methyl sites for hydroxylation is 3. The lowest BCUT2D eigenvalue weighted by molar-refractivity contribution is 0.540. The van der Waals surface area contributed by atoms with E-state index in [0.717, 1.165) is 40.5 Å². The van der Waals surface area contributed by atoms with Gasteiger partial charge in [0, 0.05) is 17.5 Å². The summed E-state index contributed by atoms with van der Waals surface area (Å²) in [6.07, 6.45) is 1.62. The van der Waals surface area contributed by atoms with Gasteiger partial charge in [-0.25, -0.2) is 4.98 Å². The smallest absolute Gasteiger partial charge is 0.0947 e. The van der Waals surface area contributed by atoms with E-state index in [0.29, 0.717) is 0 Å². The summed E-state index contributed by atoms with van der Waals surface area (Å²) in [5.41, 5.74) is 6.94. The predicted octanol–water partition coefficient (Wildman–Crippen LogP) is 1.86. The van der Waals surface area contributed by atoms with Gasteiger partial charge in [-0.05, 0) is 31.9 Å². The van der Waals surface area contributed by atoms with Crippen LogP contribution in [-0.4, -0.2) is 15.2 Å². The first-order valence-electron chi connectivity index (χ1n) is 6.34. The Kier molecular flexibility index (Phi) is 4.57. The highest BCUT2D eigenvalue weighted by molar-refractivity contribution is 7.09. The second-order valence-corrected chi connectivity index (χ2v) is 5.49. The highest BCUT2D eigenvalue weighted by Crippen LogP contribution is 2.22. The molecule has 0 aromatic carbocycles. The third kappa shape index (κ3) is 3.34. The highest BCUT2D eigenvalue weighted by Gasteiger charge is 2.17. The molecule has 0 bridgehead atoms. The van der Waals surface area contributed by atoms with E-state index in [9.17, 15) is 0 Å². The molecule has 1 unspecified atom stereocenters. The van der Waals surface area contributed by atoms with Crippen molar-refractivity contribution in [2.45, 2.75) is 39.7 Å². The first-order valence-corrected chi connectivity index (χ1v) is 7.22. The van der Waals surface area contributed by atoms with Gasteiger partial charge in [0.2, 0.25) is 0 Å². The number of nitrogens with zero attached hydrogens (tertiary/aromatic N) is 3. The Morgan fingerprint density at radius 3 is 2.68 bits per heavy atom. The summed E-state index contributed by atoms with van der Waals surface area (Å²) in [7, 11) is 0. The highest BCUT2D eigenvalue weighted by atomic mass is 32.1. The lowest BCUT2D eigenvalue weighted by atomic mass is 10.0. The molecule has 3 N–H and O–H groups in total. The Hall–Kier alpha value is -1.37. The second-order valence-electron chi connectivity index (χ2n) is 4.55. The van der Waals surface area contributed by atoms with Crippen molar-refractivity contribution < 1.29 is 0 Å². The molecule has 0 spiro atoms.